The van der Waals surface area contributed by atoms with E-state index in [1.807, 2.05) is 48.5 Å². The third-order valence-corrected chi connectivity index (χ3v) is 4.77. The fourth-order valence-electron chi connectivity index (χ4n) is 2.41. The van der Waals surface area contributed by atoms with E-state index in [0.29, 0.717) is 19.6 Å². The molecule has 1 atom stereocenters. The average Bonchev–Trinajstić information content (AvgIpc) is 2.67. The molecule has 3 rings (SSSR count). The van der Waals surface area contributed by atoms with Crippen LogP contribution in [0.25, 0.3) is 0 Å². The summed E-state index contributed by atoms with van der Waals surface area (Å²) >= 11 is 1.65. The molecule has 5 nitrogen and oxygen atoms in total. The van der Waals surface area contributed by atoms with E-state index < -0.39 is 0 Å². The number of carbonyl (C=O) groups excluding carboxylic acids is 1. The topological polar surface area (TPSA) is 56.8 Å². The van der Waals surface area contributed by atoms with E-state index in [2.05, 4.69) is 5.32 Å². The predicted octanol–water partition coefficient (Wildman–Crippen LogP) is 3.13. The van der Waals surface area contributed by atoms with Crippen molar-refractivity contribution in [1.29, 1.82) is 0 Å². The monoisotopic (exact) mass is 359 g/mol. The lowest BCUT2D eigenvalue weighted by Gasteiger charge is -2.26. The molecule has 0 fully saturated rings. The number of carbonyl (C=O) groups is 1. The second-order valence-corrected chi connectivity index (χ2v) is 6.74. The summed E-state index contributed by atoms with van der Waals surface area (Å²) in [6.45, 7) is 0.887. The van der Waals surface area contributed by atoms with E-state index in [-0.39, 0.29) is 12.0 Å². The summed E-state index contributed by atoms with van der Waals surface area (Å²) in [4.78, 5) is 13.1. The Labute approximate surface area is 151 Å². The normalized spacial score (nSPS) is 15.5. The van der Waals surface area contributed by atoms with Crippen molar-refractivity contribution in [2.45, 2.75) is 17.4 Å². The largest absolute Gasteiger partial charge is 0.497 e. The summed E-state index contributed by atoms with van der Waals surface area (Å²) in [6, 6.07) is 15.4. The number of amides is 1. The maximum atomic E-state index is 12.0. The highest BCUT2D eigenvalue weighted by Crippen LogP contribution is 2.30. The van der Waals surface area contributed by atoms with Gasteiger partial charge in [-0.2, -0.15) is 0 Å². The Hall–Kier alpha value is -2.34. The van der Waals surface area contributed by atoms with Gasteiger partial charge in [0.1, 0.15) is 18.5 Å². The summed E-state index contributed by atoms with van der Waals surface area (Å²) in [7, 11) is 1.64. The zero-order valence-corrected chi connectivity index (χ0v) is 14.9. The summed E-state index contributed by atoms with van der Waals surface area (Å²) in [5, 5.41) is 2.91. The number of methoxy groups -OCH3 is 1. The van der Waals surface area contributed by atoms with Gasteiger partial charge in [0.05, 0.1) is 13.7 Å². The van der Waals surface area contributed by atoms with Gasteiger partial charge in [0.2, 0.25) is 5.91 Å². The van der Waals surface area contributed by atoms with E-state index in [1.165, 1.54) is 0 Å². The number of benzene rings is 2. The van der Waals surface area contributed by atoms with Crippen LogP contribution in [-0.4, -0.2) is 38.0 Å². The molecule has 2 aromatic carbocycles. The van der Waals surface area contributed by atoms with Crippen molar-refractivity contribution in [1.82, 2.24) is 5.32 Å². The SMILES string of the molecule is COc1ccc(SCCC(=O)NCC2COc3ccccc3O2)cc1. The summed E-state index contributed by atoms with van der Waals surface area (Å²) in [5.41, 5.74) is 0. The third kappa shape index (κ3) is 5.06. The first kappa shape index (κ1) is 17.5. The maximum absolute atomic E-state index is 12.0. The van der Waals surface area contributed by atoms with Gasteiger partial charge in [-0.05, 0) is 36.4 Å². The van der Waals surface area contributed by atoms with Crippen molar-refractivity contribution < 1.29 is 19.0 Å². The minimum absolute atomic E-state index is 0.0171. The van der Waals surface area contributed by atoms with Crippen molar-refractivity contribution in [2.24, 2.45) is 0 Å². The van der Waals surface area contributed by atoms with Crippen LogP contribution in [0.5, 0.6) is 17.2 Å². The summed E-state index contributed by atoms with van der Waals surface area (Å²) < 4.78 is 16.6. The van der Waals surface area contributed by atoms with Crippen LogP contribution >= 0.6 is 11.8 Å². The number of ether oxygens (including phenoxy) is 3. The van der Waals surface area contributed by atoms with Crippen LogP contribution in [0, 0.1) is 0 Å². The molecule has 1 heterocycles. The maximum Gasteiger partial charge on any atom is 0.220 e. The highest BCUT2D eigenvalue weighted by Gasteiger charge is 2.20. The fourth-order valence-corrected chi connectivity index (χ4v) is 3.26. The summed E-state index contributed by atoms with van der Waals surface area (Å²) in [6.07, 6.45) is 0.300. The van der Waals surface area contributed by atoms with E-state index in [1.54, 1.807) is 18.9 Å². The van der Waals surface area contributed by atoms with Crippen LogP contribution in [0.2, 0.25) is 0 Å². The Morgan fingerprint density at radius 1 is 1.20 bits per heavy atom. The lowest BCUT2D eigenvalue weighted by atomic mass is 10.2. The zero-order chi connectivity index (χ0) is 17.5. The molecular weight excluding hydrogens is 338 g/mol. The van der Waals surface area contributed by atoms with Crippen molar-refractivity contribution >= 4 is 17.7 Å². The van der Waals surface area contributed by atoms with Gasteiger partial charge in [0, 0.05) is 17.1 Å². The van der Waals surface area contributed by atoms with Gasteiger partial charge in [-0.3, -0.25) is 4.79 Å². The highest BCUT2D eigenvalue weighted by atomic mass is 32.2. The molecule has 1 amide bonds. The van der Waals surface area contributed by atoms with Gasteiger partial charge < -0.3 is 19.5 Å². The van der Waals surface area contributed by atoms with Gasteiger partial charge in [0.15, 0.2) is 11.5 Å². The third-order valence-electron chi connectivity index (χ3n) is 3.75. The zero-order valence-electron chi connectivity index (χ0n) is 14.1. The number of hydrogen-bond acceptors (Lipinski definition) is 5. The lowest BCUT2D eigenvalue weighted by Crippen LogP contribution is -2.40. The lowest BCUT2D eigenvalue weighted by molar-refractivity contribution is -0.121. The van der Waals surface area contributed by atoms with E-state index in [0.717, 1.165) is 27.9 Å². The average molecular weight is 359 g/mol. The molecule has 0 saturated heterocycles. The highest BCUT2D eigenvalue weighted by molar-refractivity contribution is 7.99. The molecule has 0 aromatic heterocycles. The van der Waals surface area contributed by atoms with Crippen molar-refractivity contribution in [2.75, 3.05) is 26.0 Å². The molecule has 1 aliphatic heterocycles. The number of fused-ring (bicyclic) bond motifs is 1. The van der Waals surface area contributed by atoms with E-state index >= 15 is 0 Å². The van der Waals surface area contributed by atoms with Crippen molar-refractivity contribution in [3.05, 3.63) is 48.5 Å². The van der Waals surface area contributed by atoms with Crippen molar-refractivity contribution in [3.8, 4) is 17.2 Å². The Balaban J connectivity index is 1.35. The molecule has 0 aliphatic carbocycles. The Kier molecular flexibility index (Phi) is 6.06. The molecule has 1 unspecified atom stereocenters. The number of hydrogen-bond donors (Lipinski definition) is 1. The Morgan fingerprint density at radius 3 is 2.72 bits per heavy atom. The molecule has 25 heavy (non-hydrogen) atoms. The molecule has 0 radical (unpaired) electrons. The van der Waals surface area contributed by atoms with Crippen molar-refractivity contribution in [3.63, 3.8) is 0 Å². The second kappa shape index (κ2) is 8.67. The molecule has 1 N–H and O–H groups in total. The molecule has 0 spiro atoms. The molecule has 0 bridgehead atoms. The molecule has 6 heteroatoms. The van der Waals surface area contributed by atoms with Gasteiger partial charge >= 0.3 is 0 Å². The van der Waals surface area contributed by atoms with Crippen LogP contribution in [0.1, 0.15) is 6.42 Å². The van der Waals surface area contributed by atoms with Crippen LogP contribution in [0.3, 0.4) is 0 Å². The molecule has 1 aliphatic rings. The smallest absolute Gasteiger partial charge is 0.220 e. The van der Waals surface area contributed by atoms with E-state index in [4.69, 9.17) is 14.2 Å². The first-order valence-corrected chi connectivity index (χ1v) is 9.15. The predicted molar refractivity (Wildman–Crippen MR) is 97.7 cm³/mol. The molecular formula is C19H21NO4S. The van der Waals surface area contributed by atoms with Crippen LogP contribution in [-0.2, 0) is 4.79 Å². The minimum atomic E-state index is -0.159. The number of nitrogens with one attached hydrogen (secondary N) is 1. The Morgan fingerprint density at radius 2 is 1.96 bits per heavy atom. The molecule has 0 saturated carbocycles. The standard InChI is InChI=1S/C19H21NO4S/c1-22-14-6-8-16(9-7-14)25-11-10-19(21)20-12-15-13-23-17-4-2-3-5-18(17)24-15/h2-9,15H,10-13H2,1H3,(H,20,21). The fraction of sp³-hybridized carbons (Fsp3) is 0.316. The van der Waals surface area contributed by atoms with Gasteiger partial charge in [-0.25, -0.2) is 0 Å². The minimum Gasteiger partial charge on any atom is -0.497 e. The van der Waals surface area contributed by atoms with Gasteiger partial charge in [0.25, 0.3) is 0 Å². The quantitative estimate of drug-likeness (QED) is 0.770. The van der Waals surface area contributed by atoms with Gasteiger partial charge in [-0.15, -0.1) is 11.8 Å². The molecule has 2 aromatic rings. The first-order chi connectivity index (χ1) is 12.2. The second-order valence-electron chi connectivity index (χ2n) is 5.58. The van der Waals surface area contributed by atoms with E-state index in [9.17, 15) is 4.79 Å². The number of para-hydroxylation sites is 2. The van der Waals surface area contributed by atoms with Crippen LogP contribution in [0.15, 0.2) is 53.4 Å². The summed E-state index contributed by atoms with van der Waals surface area (Å²) in [5.74, 6) is 3.05. The number of thioether (sulfide) groups is 1. The Bertz CT molecular complexity index is 705. The van der Waals surface area contributed by atoms with Crippen LogP contribution in [0.4, 0.5) is 0 Å². The first-order valence-electron chi connectivity index (χ1n) is 8.16. The molecule has 132 valence electrons. The van der Waals surface area contributed by atoms with Crippen LogP contribution < -0.4 is 19.5 Å². The van der Waals surface area contributed by atoms with Gasteiger partial charge in [-0.1, -0.05) is 12.1 Å². The number of rotatable bonds is 7.